The van der Waals surface area contributed by atoms with Crippen molar-refractivity contribution >= 4 is 16.7 Å². The molecule has 0 unspecified atom stereocenters. The molecule has 1 aromatic heterocycles. The van der Waals surface area contributed by atoms with E-state index in [4.69, 9.17) is 4.42 Å². The van der Waals surface area contributed by atoms with E-state index in [-0.39, 0.29) is 5.69 Å². The Morgan fingerprint density at radius 2 is 2.19 bits per heavy atom. The van der Waals surface area contributed by atoms with Crippen LogP contribution in [0, 0.1) is 10.1 Å². The normalized spacial score (nSPS) is 10.8. The first-order valence-electron chi connectivity index (χ1n) is 5.37. The smallest absolute Gasteiger partial charge is 0.270 e. The summed E-state index contributed by atoms with van der Waals surface area (Å²) in [6, 6.07) is 6.56. The van der Waals surface area contributed by atoms with E-state index in [0.29, 0.717) is 0 Å². The summed E-state index contributed by atoms with van der Waals surface area (Å²) in [7, 11) is 0. The van der Waals surface area contributed by atoms with Gasteiger partial charge in [-0.15, -0.1) is 0 Å². The number of benzene rings is 1. The fourth-order valence-electron chi connectivity index (χ4n) is 1.67. The maximum atomic E-state index is 10.6. The summed E-state index contributed by atoms with van der Waals surface area (Å²) in [5, 5.41) is 11.4. The zero-order chi connectivity index (χ0) is 11.5. The maximum Gasteiger partial charge on any atom is 0.270 e. The molecule has 0 radical (unpaired) electrons. The molecule has 0 fully saturated rings. The number of hydrogen-bond donors (Lipinski definition) is 0. The molecule has 0 saturated carbocycles. The summed E-state index contributed by atoms with van der Waals surface area (Å²) < 4.78 is 5.58. The number of aryl methyl sites for hydroxylation is 1. The second-order valence-electron chi connectivity index (χ2n) is 3.80. The van der Waals surface area contributed by atoms with Gasteiger partial charge in [0.1, 0.15) is 11.3 Å². The molecule has 0 bridgehead atoms. The van der Waals surface area contributed by atoms with Gasteiger partial charge in [0, 0.05) is 23.9 Å². The summed E-state index contributed by atoms with van der Waals surface area (Å²) in [6.45, 7) is 2.12. The third-order valence-electron chi connectivity index (χ3n) is 2.54. The predicted molar refractivity (Wildman–Crippen MR) is 61.5 cm³/mol. The van der Waals surface area contributed by atoms with E-state index >= 15 is 0 Å². The minimum atomic E-state index is -0.391. The Balaban J connectivity index is 2.34. The molecule has 0 N–H and O–H groups in total. The first-order chi connectivity index (χ1) is 7.70. The molecule has 0 aliphatic heterocycles. The van der Waals surface area contributed by atoms with Crippen LogP contribution in [0.3, 0.4) is 0 Å². The first-order valence-corrected chi connectivity index (χ1v) is 5.37. The Morgan fingerprint density at radius 1 is 1.38 bits per heavy atom. The van der Waals surface area contributed by atoms with Crippen LogP contribution in [-0.2, 0) is 6.42 Å². The maximum absolute atomic E-state index is 10.6. The zero-order valence-corrected chi connectivity index (χ0v) is 9.10. The molecule has 0 amide bonds. The minimum Gasteiger partial charge on any atom is -0.461 e. The molecule has 0 spiro atoms. The summed E-state index contributed by atoms with van der Waals surface area (Å²) in [5.74, 6) is 0.900. The molecular formula is C12H13NO3. The van der Waals surface area contributed by atoms with E-state index in [0.717, 1.165) is 36.0 Å². The fraction of sp³-hybridized carbons (Fsp3) is 0.333. The van der Waals surface area contributed by atoms with Crippen LogP contribution in [0.25, 0.3) is 11.0 Å². The number of fused-ring (bicyclic) bond motifs is 1. The van der Waals surface area contributed by atoms with Crippen LogP contribution in [0.15, 0.2) is 28.7 Å². The van der Waals surface area contributed by atoms with Crippen LogP contribution in [0.2, 0.25) is 0 Å². The number of hydrogen-bond acceptors (Lipinski definition) is 3. The van der Waals surface area contributed by atoms with Crippen molar-refractivity contribution in [2.24, 2.45) is 0 Å². The van der Waals surface area contributed by atoms with Crippen molar-refractivity contribution in [1.29, 1.82) is 0 Å². The molecule has 4 heteroatoms. The van der Waals surface area contributed by atoms with E-state index in [1.54, 1.807) is 12.1 Å². The summed E-state index contributed by atoms with van der Waals surface area (Å²) in [6.07, 6.45) is 3.07. The van der Waals surface area contributed by atoms with Crippen molar-refractivity contribution in [1.82, 2.24) is 0 Å². The van der Waals surface area contributed by atoms with Gasteiger partial charge < -0.3 is 4.42 Å². The van der Waals surface area contributed by atoms with E-state index in [2.05, 4.69) is 6.92 Å². The molecular weight excluding hydrogens is 206 g/mol. The molecule has 1 heterocycles. The molecule has 0 aliphatic carbocycles. The third kappa shape index (κ3) is 2.05. The second-order valence-corrected chi connectivity index (χ2v) is 3.80. The highest BCUT2D eigenvalue weighted by molar-refractivity contribution is 5.80. The molecule has 0 atom stereocenters. The monoisotopic (exact) mass is 219 g/mol. The van der Waals surface area contributed by atoms with Crippen LogP contribution >= 0.6 is 0 Å². The van der Waals surface area contributed by atoms with Gasteiger partial charge in [0.05, 0.1) is 4.92 Å². The third-order valence-corrected chi connectivity index (χ3v) is 2.54. The van der Waals surface area contributed by atoms with Gasteiger partial charge in [-0.25, -0.2) is 0 Å². The van der Waals surface area contributed by atoms with Gasteiger partial charge in [-0.1, -0.05) is 13.3 Å². The van der Waals surface area contributed by atoms with Crippen LogP contribution < -0.4 is 0 Å². The topological polar surface area (TPSA) is 56.3 Å². The van der Waals surface area contributed by atoms with Gasteiger partial charge in [0.15, 0.2) is 0 Å². The largest absolute Gasteiger partial charge is 0.461 e. The quantitative estimate of drug-likeness (QED) is 0.582. The van der Waals surface area contributed by atoms with Crippen LogP contribution in [0.1, 0.15) is 25.5 Å². The molecule has 0 aliphatic rings. The highest BCUT2D eigenvalue weighted by atomic mass is 16.6. The standard InChI is InChI=1S/C12H13NO3/c1-2-3-4-11-8-9-7-10(13(14)15)5-6-12(9)16-11/h5-8H,2-4H2,1H3. The number of nitro benzene ring substituents is 1. The highest BCUT2D eigenvalue weighted by Gasteiger charge is 2.09. The van der Waals surface area contributed by atoms with Gasteiger partial charge >= 0.3 is 0 Å². The highest BCUT2D eigenvalue weighted by Crippen LogP contribution is 2.24. The Kier molecular flexibility index (Phi) is 2.90. The van der Waals surface area contributed by atoms with Crippen molar-refractivity contribution in [2.45, 2.75) is 26.2 Å². The Labute approximate surface area is 93.0 Å². The van der Waals surface area contributed by atoms with Crippen molar-refractivity contribution in [3.63, 3.8) is 0 Å². The average Bonchev–Trinajstić information content (AvgIpc) is 2.67. The average molecular weight is 219 g/mol. The Hall–Kier alpha value is -1.84. The van der Waals surface area contributed by atoms with Crippen LogP contribution in [0.4, 0.5) is 5.69 Å². The van der Waals surface area contributed by atoms with Crippen molar-refractivity contribution in [2.75, 3.05) is 0 Å². The van der Waals surface area contributed by atoms with Crippen LogP contribution in [0.5, 0.6) is 0 Å². The predicted octanol–water partition coefficient (Wildman–Crippen LogP) is 3.68. The Morgan fingerprint density at radius 3 is 2.88 bits per heavy atom. The number of rotatable bonds is 4. The molecule has 4 nitrogen and oxygen atoms in total. The molecule has 16 heavy (non-hydrogen) atoms. The number of nitro groups is 1. The first kappa shape index (κ1) is 10.7. The molecule has 0 saturated heterocycles. The van der Waals surface area contributed by atoms with Gasteiger partial charge in [-0.2, -0.15) is 0 Å². The lowest BCUT2D eigenvalue weighted by Crippen LogP contribution is -1.85. The lowest BCUT2D eigenvalue weighted by molar-refractivity contribution is -0.384. The molecule has 1 aromatic carbocycles. The summed E-state index contributed by atoms with van der Waals surface area (Å²) in [5.41, 5.74) is 0.826. The van der Waals surface area contributed by atoms with Crippen molar-refractivity contribution in [3.8, 4) is 0 Å². The van der Waals surface area contributed by atoms with Crippen molar-refractivity contribution < 1.29 is 9.34 Å². The van der Waals surface area contributed by atoms with E-state index in [1.165, 1.54) is 6.07 Å². The Bertz CT molecular complexity index is 516. The molecule has 84 valence electrons. The van der Waals surface area contributed by atoms with Gasteiger partial charge in [0.2, 0.25) is 0 Å². The fourth-order valence-corrected chi connectivity index (χ4v) is 1.67. The number of unbranched alkanes of at least 4 members (excludes halogenated alkanes) is 1. The summed E-state index contributed by atoms with van der Waals surface area (Å²) >= 11 is 0. The van der Waals surface area contributed by atoms with E-state index in [1.807, 2.05) is 6.07 Å². The number of furan rings is 1. The molecule has 2 rings (SSSR count). The van der Waals surface area contributed by atoms with Gasteiger partial charge in [-0.05, 0) is 18.6 Å². The van der Waals surface area contributed by atoms with E-state index in [9.17, 15) is 10.1 Å². The molecule has 2 aromatic rings. The minimum absolute atomic E-state index is 0.107. The van der Waals surface area contributed by atoms with Gasteiger partial charge in [-0.3, -0.25) is 10.1 Å². The number of nitrogens with zero attached hydrogens (tertiary/aromatic N) is 1. The van der Waals surface area contributed by atoms with E-state index < -0.39 is 4.92 Å². The van der Waals surface area contributed by atoms with Crippen molar-refractivity contribution in [3.05, 3.63) is 40.1 Å². The second kappa shape index (κ2) is 4.35. The lowest BCUT2D eigenvalue weighted by Gasteiger charge is -1.91. The van der Waals surface area contributed by atoms with Gasteiger partial charge in [0.25, 0.3) is 5.69 Å². The SMILES string of the molecule is CCCCc1cc2cc([N+](=O)[O-])ccc2o1. The number of non-ortho nitro benzene ring substituents is 1. The summed E-state index contributed by atoms with van der Waals surface area (Å²) in [4.78, 5) is 10.2. The van der Waals surface area contributed by atoms with Crippen LogP contribution in [-0.4, -0.2) is 4.92 Å². The zero-order valence-electron chi connectivity index (χ0n) is 9.10. The lowest BCUT2D eigenvalue weighted by atomic mass is 10.2.